The van der Waals surface area contributed by atoms with Crippen molar-refractivity contribution in [3.63, 3.8) is 0 Å². The van der Waals surface area contributed by atoms with Gasteiger partial charge < -0.3 is 9.64 Å². The Morgan fingerprint density at radius 2 is 1.83 bits per heavy atom. The van der Waals surface area contributed by atoms with E-state index in [-0.39, 0.29) is 39.2 Å². The van der Waals surface area contributed by atoms with Crippen LogP contribution in [-0.4, -0.2) is 61.6 Å². The number of imide groups is 1. The summed E-state index contributed by atoms with van der Waals surface area (Å²) >= 11 is 6.66. The number of carbonyl (C=O) groups excluding carboxylic acids is 3. The highest BCUT2D eigenvalue weighted by Gasteiger charge is 2.41. The summed E-state index contributed by atoms with van der Waals surface area (Å²) in [5, 5.41) is 4.57. The van der Waals surface area contributed by atoms with Gasteiger partial charge in [0, 0.05) is 29.5 Å². The summed E-state index contributed by atoms with van der Waals surface area (Å²) in [4.78, 5) is 41.5. The van der Waals surface area contributed by atoms with Gasteiger partial charge in [-0.3, -0.25) is 19.2 Å². The Morgan fingerprint density at radius 3 is 2.50 bits per heavy atom. The van der Waals surface area contributed by atoms with E-state index < -0.39 is 23.4 Å². The minimum Gasteiger partial charge on any atom is -0.444 e. The molecule has 2 fully saturated rings. The summed E-state index contributed by atoms with van der Waals surface area (Å²) < 4.78 is 47.5. The van der Waals surface area contributed by atoms with E-state index in [2.05, 4.69) is 5.10 Å². The average molecular weight is 621 g/mol. The van der Waals surface area contributed by atoms with Crippen LogP contribution in [0.25, 0.3) is 17.0 Å². The first-order valence-electron chi connectivity index (χ1n) is 13.3. The molecule has 0 unspecified atom stereocenters. The molecule has 42 heavy (non-hydrogen) atoms. The largest absolute Gasteiger partial charge is 0.444 e. The number of likely N-dealkylation sites (tertiary alicyclic amines) is 1. The fourth-order valence-electron chi connectivity index (χ4n) is 5.01. The molecular weight excluding hydrogens is 593 g/mol. The lowest BCUT2D eigenvalue weighted by Crippen LogP contribution is -2.49. The van der Waals surface area contributed by atoms with E-state index in [1.807, 2.05) is 0 Å². The van der Waals surface area contributed by atoms with Gasteiger partial charge in [-0.2, -0.15) is 18.3 Å². The van der Waals surface area contributed by atoms with Gasteiger partial charge in [0.05, 0.1) is 28.7 Å². The number of fused-ring (bicyclic) bond motifs is 1. The third-order valence-electron chi connectivity index (χ3n) is 6.97. The monoisotopic (exact) mass is 620 g/mol. The number of alkyl halides is 3. The van der Waals surface area contributed by atoms with E-state index in [0.717, 1.165) is 17.8 Å². The lowest BCUT2D eigenvalue weighted by atomic mass is 10.0. The molecule has 2 aliphatic heterocycles. The quantitative estimate of drug-likeness (QED) is 0.287. The van der Waals surface area contributed by atoms with Crippen molar-refractivity contribution in [2.75, 3.05) is 13.1 Å². The van der Waals surface area contributed by atoms with Gasteiger partial charge in [-0.25, -0.2) is 4.79 Å². The van der Waals surface area contributed by atoms with Crippen molar-refractivity contribution in [1.29, 1.82) is 0 Å². The molecule has 0 spiro atoms. The molecule has 13 heteroatoms. The van der Waals surface area contributed by atoms with Gasteiger partial charge in [-0.15, -0.1) is 0 Å². The summed E-state index contributed by atoms with van der Waals surface area (Å²) in [5.74, 6) is -0.390. The molecule has 0 aliphatic carbocycles. The third kappa shape index (κ3) is 6.44. The van der Waals surface area contributed by atoms with Crippen LogP contribution in [0.1, 0.15) is 50.3 Å². The predicted molar refractivity (Wildman–Crippen MR) is 154 cm³/mol. The van der Waals surface area contributed by atoms with E-state index in [1.165, 1.54) is 21.7 Å². The molecule has 5 rings (SSSR count). The molecule has 2 saturated heterocycles. The topological polar surface area (TPSA) is 84.7 Å². The van der Waals surface area contributed by atoms with E-state index in [1.54, 1.807) is 56.1 Å². The number of benzene rings is 2. The average Bonchev–Trinajstić information content (AvgIpc) is 3.42. The maximum atomic E-state index is 13.6. The molecule has 0 atom stereocenters. The number of rotatable bonds is 4. The second kappa shape index (κ2) is 11.3. The Labute approximate surface area is 249 Å². The Kier molecular flexibility index (Phi) is 8.06. The van der Waals surface area contributed by atoms with Gasteiger partial charge in [0.15, 0.2) is 0 Å². The van der Waals surface area contributed by atoms with Crippen LogP contribution in [0.3, 0.4) is 0 Å². The minimum absolute atomic E-state index is 0.00304. The number of thioether (sulfide) groups is 1. The molecule has 222 valence electrons. The molecule has 0 saturated carbocycles. The smallest absolute Gasteiger partial charge is 0.416 e. The van der Waals surface area contributed by atoms with Crippen molar-refractivity contribution in [2.45, 2.75) is 58.0 Å². The third-order valence-corrected chi connectivity index (χ3v) is 8.08. The van der Waals surface area contributed by atoms with E-state index in [0.29, 0.717) is 42.4 Å². The van der Waals surface area contributed by atoms with Crippen LogP contribution in [0.2, 0.25) is 5.02 Å². The summed E-state index contributed by atoms with van der Waals surface area (Å²) in [6, 6.07) is 8.53. The number of carbonyl (C=O) groups is 3. The number of nitrogens with zero attached hydrogens (tertiary/aromatic N) is 4. The summed E-state index contributed by atoms with van der Waals surface area (Å²) in [6.07, 6.45) is -0.895. The van der Waals surface area contributed by atoms with Gasteiger partial charge in [0.25, 0.3) is 11.1 Å². The minimum atomic E-state index is -4.56. The van der Waals surface area contributed by atoms with Gasteiger partial charge in [0.2, 0.25) is 0 Å². The van der Waals surface area contributed by atoms with Crippen molar-refractivity contribution in [3.05, 3.63) is 69.2 Å². The van der Waals surface area contributed by atoms with E-state index in [9.17, 15) is 27.6 Å². The number of hydrogen-bond donors (Lipinski definition) is 0. The second-order valence-corrected chi connectivity index (χ2v) is 12.6. The van der Waals surface area contributed by atoms with Crippen LogP contribution >= 0.6 is 23.4 Å². The first-order chi connectivity index (χ1) is 19.7. The molecule has 0 bridgehead atoms. The van der Waals surface area contributed by atoms with E-state index >= 15 is 0 Å². The number of aromatic nitrogens is 2. The molecule has 2 aliphatic rings. The van der Waals surface area contributed by atoms with Crippen LogP contribution in [0.15, 0.2) is 47.5 Å². The fraction of sp³-hybridized carbons (Fsp3) is 0.379. The zero-order chi connectivity index (χ0) is 30.4. The van der Waals surface area contributed by atoms with Crippen LogP contribution in [0.5, 0.6) is 0 Å². The molecule has 3 aromatic rings. The highest BCUT2D eigenvalue weighted by atomic mass is 35.5. The van der Waals surface area contributed by atoms with Crippen molar-refractivity contribution in [3.8, 4) is 0 Å². The van der Waals surface area contributed by atoms with Crippen LogP contribution in [0.4, 0.5) is 22.8 Å². The molecule has 3 amide bonds. The number of piperidine rings is 1. The Hall–Kier alpha value is -3.51. The van der Waals surface area contributed by atoms with Crippen LogP contribution < -0.4 is 0 Å². The van der Waals surface area contributed by atoms with Gasteiger partial charge in [0.1, 0.15) is 5.60 Å². The van der Waals surface area contributed by atoms with E-state index in [4.69, 9.17) is 16.3 Å². The van der Waals surface area contributed by atoms with Crippen LogP contribution in [0, 0.1) is 0 Å². The molecule has 2 aromatic carbocycles. The molecular formula is C29H28ClF3N4O4S. The lowest BCUT2D eigenvalue weighted by Gasteiger charge is -2.36. The predicted octanol–water partition coefficient (Wildman–Crippen LogP) is 7.19. The fourth-order valence-corrected chi connectivity index (χ4v) is 6.08. The summed E-state index contributed by atoms with van der Waals surface area (Å²) in [6.45, 7) is 6.03. The maximum Gasteiger partial charge on any atom is 0.416 e. The van der Waals surface area contributed by atoms with Gasteiger partial charge in [-0.05, 0) is 86.8 Å². The SMILES string of the molecule is CC(C)(C)OC(=O)N1CCC(N2C(=O)S/C(=C\c3ccc4c(cnn4Cc4ccc(Cl)cc4C(F)(F)F)c3)C2=O)CC1. The Balaban J connectivity index is 1.29. The second-order valence-electron chi connectivity index (χ2n) is 11.2. The number of amides is 3. The van der Waals surface area contributed by atoms with Crippen molar-refractivity contribution in [1.82, 2.24) is 19.6 Å². The summed E-state index contributed by atoms with van der Waals surface area (Å²) in [7, 11) is 0. The number of hydrogen-bond acceptors (Lipinski definition) is 6. The molecule has 0 radical (unpaired) electrons. The standard InChI is InChI=1S/C29H28ClF3N4O4S/c1-28(2,3)41-26(39)35-10-8-21(9-11-35)37-25(38)24(42-27(37)40)13-17-4-7-23-19(12-17)15-34-36(23)16-18-5-6-20(30)14-22(18)29(31,32)33/h4-7,12-15,21H,8-11,16H2,1-3H3/b24-13-. The Morgan fingerprint density at radius 1 is 1.12 bits per heavy atom. The van der Waals surface area contributed by atoms with Gasteiger partial charge in [-0.1, -0.05) is 23.7 Å². The molecule has 8 nitrogen and oxygen atoms in total. The molecule has 0 N–H and O–H groups in total. The van der Waals surface area contributed by atoms with Crippen molar-refractivity contribution < 1.29 is 32.3 Å². The first kappa shape index (κ1) is 30.0. The van der Waals surface area contributed by atoms with Crippen molar-refractivity contribution >= 4 is 57.6 Å². The van der Waals surface area contributed by atoms with Gasteiger partial charge >= 0.3 is 12.3 Å². The maximum absolute atomic E-state index is 13.6. The first-order valence-corrected chi connectivity index (χ1v) is 14.5. The Bertz CT molecular complexity index is 1590. The zero-order valence-electron chi connectivity index (χ0n) is 23.1. The zero-order valence-corrected chi connectivity index (χ0v) is 24.6. The normalized spacial score (nSPS) is 18.0. The molecule has 1 aromatic heterocycles. The molecule has 3 heterocycles. The number of halogens is 4. The highest BCUT2D eigenvalue weighted by Crippen LogP contribution is 2.37. The van der Waals surface area contributed by atoms with Crippen molar-refractivity contribution in [2.24, 2.45) is 0 Å². The van der Waals surface area contributed by atoms with Crippen LogP contribution in [-0.2, 0) is 22.3 Å². The highest BCUT2D eigenvalue weighted by molar-refractivity contribution is 8.18. The lowest BCUT2D eigenvalue weighted by molar-refractivity contribution is -0.138. The number of ether oxygens (including phenoxy) is 1. The summed E-state index contributed by atoms with van der Waals surface area (Å²) in [5.41, 5.74) is -0.136.